The standard InChI is InChI=1S/C18H19FO/c1-10-6-7-15(16(19)8-10)18(20)17-13(4)11(2)9-12(3)14(17)5/h6-9H,1-5H3. The van der Waals surface area contributed by atoms with E-state index in [0.29, 0.717) is 5.56 Å². The Balaban J connectivity index is 2.65. The summed E-state index contributed by atoms with van der Waals surface area (Å²) in [5, 5.41) is 0. The predicted molar refractivity (Wildman–Crippen MR) is 80.0 cm³/mol. The van der Waals surface area contributed by atoms with Gasteiger partial charge in [0.15, 0.2) is 5.78 Å². The van der Waals surface area contributed by atoms with Crippen molar-refractivity contribution in [1.82, 2.24) is 0 Å². The number of aryl methyl sites for hydroxylation is 3. The van der Waals surface area contributed by atoms with Crippen molar-refractivity contribution in [3.63, 3.8) is 0 Å². The van der Waals surface area contributed by atoms with E-state index < -0.39 is 5.82 Å². The van der Waals surface area contributed by atoms with Gasteiger partial charge in [-0.05, 0) is 74.6 Å². The highest BCUT2D eigenvalue weighted by molar-refractivity contribution is 6.11. The second-order valence-electron chi connectivity index (χ2n) is 5.45. The van der Waals surface area contributed by atoms with Gasteiger partial charge in [-0.3, -0.25) is 4.79 Å². The molecule has 0 aromatic heterocycles. The van der Waals surface area contributed by atoms with Gasteiger partial charge in [0.05, 0.1) is 5.56 Å². The number of ketones is 1. The number of carbonyl (C=O) groups excluding carboxylic acids is 1. The zero-order valence-corrected chi connectivity index (χ0v) is 12.6. The summed E-state index contributed by atoms with van der Waals surface area (Å²) in [6.45, 7) is 9.60. The third-order valence-corrected chi connectivity index (χ3v) is 3.96. The maximum atomic E-state index is 14.0. The number of hydrogen-bond acceptors (Lipinski definition) is 1. The summed E-state index contributed by atoms with van der Waals surface area (Å²) in [5.41, 5.74) is 5.56. The van der Waals surface area contributed by atoms with Crippen molar-refractivity contribution in [3.8, 4) is 0 Å². The minimum Gasteiger partial charge on any atom is -0.288 e. The van der Waals surface area contributed by atoms with Crippen LogP contribution >= 0.6 is 0 Å². The van der Waals surface area contributed by atoms with Gasteiger partial charge in [0.25, 0.3) is 0 Å². The van der Waals surface area contributed by atoms with Crippen molar-refractivity contribution < 1.29 is 9.18 Å². The molecule has 0 saturated heterocycles. The van der Waals surface area contributed by atoms with Crippen LogP contribution in [0.3, 0.4) is 0 Å². The molecule has 0 aliphatic rings. The molecule has 2 rings (SSSR count). The molecule has 0 unspecified atom stereocenters. The number of carbonyl (C=O) groups is 1. The average molecular weight is 270 g/mol. The summed E-state index contributed by atoms with van der Waals surface area (Å²) in [6.07, 6.45) is 0. The van der Waals surface area contributed by atoms with E-state index in [1.54, 1.807) is 12.1 Å². The van der Waals surface area contributed by atoms with Gasteiger partial charge in [-0.15, -0.1) is 0 Å². The Kier molecular flexibility index (Phi) is 3.76. The van der Waals surface area contributed by atoms with Gasteiger partial charge in [0.1, 0.15) is 5.82 Å². The lowest BCUT2D eigenvalue weighted by atomic mass is 9.89. The number of halogens is 1. The first-order chi connectivity index (χ1) is 9.32. The largest absolute Gasteiger partial charge is 0.288 e. The van der Waals surface area contributed by atoms with Crippen molar-refractivity contribution in [3.05, 3.63) is 69.0 Å². The molecule has 20 heavy (non-hydrogen) atoms. The molecule has 0 radical (unpaired) electrons. The van der Waals surface area contributed by atoms with Crippen LogP contribution in [-0.4, -0.2) is 5.78 Å². The van der Waals surface area contributed by atoms with E-state index in [0.717, 1.165) is 27.8 Å². The Morgan fingerprint density at radius 2 is 1.45 bits per heavy atom. The van der Waals surface area contributed by atoms with E-state index in [2.05, 4.69) is 6.07 Å². The average Bonchev–Trinajstić information content (AvgIpc) is 2.36. The maximum Gasteiger partial charge on any atom is 0.196 e. The monoisotopic (exact) mass is 270 g/mol. The maximum absolute atomic E-state index is 14.0. The van der Waals surface area contributed by atoms with Crippen molar-refractivity contribution in [1.29, 1.82) is 0 Å². The highest BCUT2D eigenvalue weighted by atomic mass is 19.1. The van der Waals surface area contributed by atoms with Crippen LogP contribution in [0.15, 0.2) is 24.3 Å². The van der Waals surface area contributed by atoms with Crippen LogP contribution in [0.2, 0.25) is 0 Å². The predicted octanol–water partition coefficient (Wildman–Crippen LogP) is 4.60. The Bertz CT molecular complexity index is 673. The van der Waals surface area contributed by atoms with Crippen LogP contribution in [0.5, 0.6) is 0 Å². The van der Waals surface area contributed by atoms with E-state index in [-0.39, 0.29) is 11.3 Å². The number of hydrogen-bond donors (Lipinski definition) is 0. The smallest absolute Gasteiger partial charge is 0.196 e. The van der Waals surface area contributed by atoms with Gasteiger partial charge in [0.2, 0.25) is 0 Å². The van der Waals surface area contributed by atoms with Crippen LogP contribution in [0.4, 0.5) is 4.39 Å². The molecule has 2 aromatic carbocycles. The molecule has 104 valence electrons. The molecule has 2 aromatic rings. The lowest BCUT2D eigenvalue weighted by molar-refractivity contribution is 0.103. The van der Waals surface area contributed by atoms with Gasteiger partial charge in [-0.2, -0.15) is 0 Å². The fourth-order valence-corrected chi connectivity index (χ4v) is 2.50. The fraction of sp³-hybridized carbons (Fsp3) is 0.278. The second kappa shape index (κ2) is 5.20. The molecule has 0 spiro atoms. The normalized spacial score (nSPS) is 10.7. The van der Waals surface area contributed by atoms with Crippen LogP contribution in [0.1, 0.15) is 43.7 Å². The molecule has 0 saturated carbocycles. The summed E-state index contributed by atoms with van der Waals surface area (Å²) < 4.78 is 14.0. The quantitative estimate of drug-likeness (QED) is 0.729. The summed E-state index contributed by atoms with van der Waals surface area (Å²) in [7, 11) is 0. The Morgan fingerprint density at radius 1 is 0.900 bits per heavy atom. The third-order valence-electron chi connectivity index (χ3n) is 3.96. The molecule has 2 heteroatoms. The first-order valence-corrected chi connectivity index (χ1v) is 6.71. The molecule has 0 aliphatic heterocycles. The van der Waals surface area contributed by atoms with E-state index in [9.17, 15) is 9.18 Å². The van der Waals surface area contributed by atoms with Crippen LogP contribution in [-0.2, 0) is 0 Å². The number of benzene rings is 2. The second-order valence-corrected chi connectivity index (χ2v) is 5.45. The third kappa shape index (κ3) is 2.38. The van der Waals surface area contributed by atoms with E-state index in [1.807, 2.05) is 34.6 Å². The fourth-order valence-electron chi connectivity index (χ4n) is 2.50. The van der Waals surface area contributed by atoms with Gasteiger partial charge in [-0.1, -0.05) is 12.1 Å². The Morgan fingerprint density at radius 3 is 1.95 bits per heavy atom. The highest BCUT2D eigenvalue weighted by Crippen LogP contribution is 2.25. The summed E-state index contributed by atoms with van der Waals surface area (Å²) in [4.78, 5) is 12.7. The molecule has 0 fully saturated rings. The highest BCUT2D eigenvalue weighted by Gasteiger charge is 2.20. The first-order valence-electron chi connectivity index (χ1n) is 6.71. The minimum absolute atomic E-state index is 0.145. The van der Waals surface area contributed by atoms with E-state index >= 15 is 0 Å². The Labute approximate surface area is 119 Å². The van der Waals surface area contributed by atoms with Crippen molar-refractivity contribution in [2.45, 2.75) is 34.6 Å². The lowest BCUT2D eigenvalue weighted by Crippen LogP contribution is -2.10. The van der Waals surface area contributed by atoms with Gasteiger partial charge in [-0.25, -0.2) is 4.39 Å². The zero-order valence-electron chi connectivity index (χ0n) is 12.6. The topological polar surface area (TPSA) is 17.1 Å². The van der Waals surface area contributed by atoms with Gasteiger partial charge >= 0.3 is 0 Å². The molecule has 0 atom stereocenters. The molecular formula is C18H19FO. The van der Waals surface area contributed by atoms with Crippen molar-refractivity contribution >= 4 is 5.78 Å². The van der Waals surface area contributed by atoms with E-state index in [4.69, 9.17) is 0 Å². The summed E-state index contributed by atoms with van der Waals surface area (Å²) >= 11 is 0. The molecule has 0 amide bonds. The molecule has 0 heterocycles. The number of rotatable bonds is 2. The molecule has 0 aliphatic carbocycles. The summed E-state index contributed by atoms with van der Waals surface area (Å²) in [6, 6.07) is 6.81. The van der Waals surface area contributed by atoms with Crippen LogP contribution in [0, 0.1) is 40.4 Å². The lowest BCUT2D eigenvalue weighted by Gasteiger charge is -2.14. The Hall–Kier alpha value is -1.96. The molecular weight excluding hydrogens is 251 g/mol. The molecule has 0 N–H and O–H groups in total. The van der Waals surface area contributed by atoms with Crippen LogP contribution < -0.4 is 0 Å². The van der Waals surface area contributed by atoms with Gasteiger partial charge in [0, 0.05) is 5.56 Å². The summed E-state index contributed by atoms with van der Waals surface area (Å²) in [5.74, 6) is -0.683. The molecule has 0 bridgehead atoms. The van der Waals surface area contributed by atoms with Crippen LogP contribution in [0.25, 0.3) is 0 Å². The molecule has 1 nitrogen and oxygen atoms in total. The SMILES string of the molecule is Cc1ccc(C(=O)c2c(C)c(C)cc(C)c2C)c(F)c1. The first kappa shape index (κ1) is 14.4. The van der Waals surface area contributed by atoms with E-state index in [1.165, 1.54) is 6.07 Å². The minimum atomic E-state index is -0.451. The van der Waals surface area contributed by atoms with Crippen molar-refractivity contribution in [2.75, 3.05) is 0 Å². The van der Waals surface area contributed by atoms with Crippen molar-refractivity contribution in [2.24, 2.45) is 0 Å². The van der Waals surface area contributed by atoms with Gasteiger partial charge < -0.3 is 0 Å². The zero-order chi connectivity index (χ0) is 15.0.